The Hall–Kier alpha value is -2.97. The van der Waals surface area contributed by atoms with Crippen molar-refractivity contribution in [3.8, 4) is 5.69 Å². The number of hydrogen-bond acceptors (Lipinski definition) is 4. The molecule has 0 spiro atoms. The van der Waals surface area contributed by atoms with Gasteiger partial charge in [0, 0.05) is 35.7 Å². The van der Waals surface area contributed by atoms with E-state index in [9.17, 15) is 13.2 Å². The molecule has 1 aromatic heterocycles. The van der Waals surface area contributed by atoms with E-state index in [2.05, 4.69) is 48.8 Å². The van der Waals surface area contributed by atoms with E-state index in [-0.39, 0.29) is 11.4 Å². The van der Waals surface area contributed by atoms with Crippen molar-refractivity contribution >= 4 is 6.79 Å². The summed E-state index contributed by atoms with van der Waals surface area (Å²) >= 11 is 0. The Labute approximate surface area is 237 Å². The quantitative estimate of drug-likeness (QED) is 0.356. The first kappa shape index (κ1) is 31.6. The van der Waals surface area contributed by atoms with Crippen molar-refractivity contribution in [1.82, 2.24) is 19.6 Å². The number of piperidine rings is 1. The smallest absolute Gasteiger partial charge is 0.160 e. The third-order valence-electron chi connectivity index (χ3n) is 7.88. The number of rotatable bonds is 3. The molecule has 2 aliphatic rings. The van der Waals surface area contributed by atoms with Crippen LogP contribution in [0.3, 0.4) is 0 Å². The third-order valence-corrected chi connectivity index (χ3v) is 7.88. The highest BCUT2D eigenvalue weighted by Gasteiger charge is 2.32. The van der Waals surface area contributed by atoms with Gasteiger partial charge in [0.05, 0.1) is 11.4 Å². The van der Waals surface area contributed by atoms with Gasteiger partial charge in [-0.15, -0.1) is 0 Å². The van der Waals surface area contributed by atoms with Crippen LogP contribution in [0.5, 0.6) is 0 Å². The molecule has 2 saturated heterocycles. The van der Waals surface area contributed by atoms with E-state index < -0.39 is 11.6 Å². The first-order valence-corrected chi connectivity index (χ1v) is 13.9. The molecule has 40 heavy (non-hydrogen) atoms. The number of likely N-dealkylation sites (tertiary alicyclic amines) is 2. The maximum absolute atomic E-state index is 13.9. The summed E-state index contributed by atoms with van der Waals surface area (Å²) in [7, 11) is 2.12. The summed E-state index contributed by atoms with van der Waals surface area (Å²) in [5.74, 6) is -0.936. The number of aryl methyl sites for hydroxylation is 2. The summed E-state index contributed by atoms with van der Waals surface area (Å²) in [4.78, 5) is 12.7. The zero-order valence-corrected chi connectivity index (χ0v) is 24.7. The first-order chi connectivity index (χ1) is 18.9. The normalized spacial score (nSPS) is 18.6. The van der Waals surface area contributed by atoms with Crippen molar-refractivity contribution in [2.45, 2.75) is 71.3 Å². The van der Waals surface area contributed by atoms with E-state index in [0.29, 0.717) is 17.5 Å². The highest BCUT2D eigenvalue weighted by molar-refractivity contribution is 5.36. The first-order valence-electron chi connectivity index (χ1n) is 13.9. The van der Waals surface area contributed by atoms with E-state index in [1.807, 2.05) is 32.8 Å². The molecule has 3 heterocycles. The molecule has 5 rings (SSSR count). The molecule has 1 unspecified atom stereocenters. The molecule has 2 aliphatic heterocycles. The van der Waals surface area contributed by atoms with E-state index in [1.165, 1.54) is 6.07 Å². The number of nitrogens with zero attached hydrogens (tertiary/aromatic N) is 4. The lowest BCUT2D eigenvalue weighted by atomic mass is 9.93. The van der Waals surface area contributed by atoms with Crippen molar-refractivity contribution in [3.63, 3.8) is 0 Å². The minimum atomic E-state index is -0.838. The number of benzene rings is 2. The Morgan fingerprint density at radius 1 is 0.825 bits per heavy atom. The van der Waals surface area contributed by atoms with Crippen LogP contribution in [0.2, 0.25) is 0 Å². The zero-order valence-electron chi connectivity index (χ0n) is 24.7. The molecule has 3 aromatic rings. The van der Waals surface area contributed by atoms with Gasteiger partial charge in [-0.05, 0) is 116 Å². The van der Waals surface area contributed by atoms with Crippen LogP contribution in [-0.2, 0) is 4.79 Å². The molecule has 0 radical (unpaired) electrons. The maximum Gasteiger partial charge on any atom is 0.160 e. The molecule has 0 saturated carbocycles. The molecular formula is C32H43F3N4O. The number of halogens is 3. The van der Waals surface area contributed by atoms with Crippen LogP contribution < -0.4 is 0 Å². The molecule has 0 amide bonds. The van der Waals surface area contributed by atoms with Gasteiger partial charge in [-0.25, -0.2) is 17.9 Å². The molecule has 218 valence electrons. The Bertz CT molecular complexity index is 1260. The second kappa shape index (κ2) is 13.6. The van der Waals surface area contributed by atoms with Gasteiger partial charge >= 0.3 is 0 Å². The van der Waals surface area contributed by atoms with Crippen LogP contribution in [0.1, 0.15) is 74.4 Å². The number of hydrogen-bond donors (Lipinski definition) is 0. The maximum atomic E-state index is 13.9. The zero-order chi connectivity index (χ0) is 29.6. The van der Waals surface area contributed by atoms with E-state index in [4.69, 9.17) is 4.79 Å². The largest absolute Gasteiger partial charge is 0.307 e. The van der Waals surface area contributed by atoms with Crippen LogP contribution >= 0.6 is 0 Å². The topological polar surface area (TPSA) is 41.4 Å². The van der Waals surface area contributed by atoms with Gasteiger partial charge in [-0.2, -0.15) is 5.10 Å². The fourth-order valence-electron chi connectivity index (χ4n) is 5.52. The van der Waals surface area contributed by atoms with Crippen LogP contribution in [0.4, 0.5) is 13.2 Å². The third kappa shape index (κ3) is 7.82. The summed E-state index contributed by atoms with van der Waals surface area (Å²) in [6.07, 6.45) is 3.19. The van der Waals surface area contributed by atoms with Crippen LogP contribution in [0.15, 0.2) is 42.5 Å². The molecule has 5 nitrogen and oxygen atoms in total. The van der Waals surface area contributed by atoms with Gasteiger partial charge in [0.25, 0.3) is 0 Å². The van der Waals surface area contributed by atoms with Crippen LogP contribution in [0.25, 0.3) is 5.69 Å². The highest BCUT2D eigenvalue weighted by Crippen LogP contribution is 2.33. The summed E-state index contributed by atoms with van der Waals surface area (Å²) in [6.45, 7) is 16.7. The Morgan fingerprint density at radius 3 is 2.05 bits per heavy atom. The molecule has 0 bridgehead atoms. The molecule has 2 fully saturated rings. The second-order valence-corrected chi connectivity index (χ2v) is 11.9. The lowest BCUT2D eigenvalue weighted by Crippen LogP contribution is -2.39. The van der Waals surface area contributed by atoms with Gasteiger partial charge < -0.3 is 9.69 Å². The molecule has 2 aromatic carbocycles. The van der Waals surface area contributed by atoms with Crippen molar-refractivity contribution < 1.29 is 18.0 Å². The van der Waals surface area contributed by atoms with Crippen molar-refractivity contribution in [2.75, 3.05) is 33.2 Å². The van der Waals surface area contributed by atoms with Crippen molar-refractivity contribution in [1.29, 1.82) is 0 Å². The average molecular weight is 557 g/mol. The molecule has 8 heteroatoms. The second-order valence-electron chi connectivity index (χ2n) is 11.9. The number of carbonyl (C=O) groups is 1. The Morgan fingerprint density at radius 2 is 1.48 bits per heavy atom. The molecule has 0 N–H and O–H groups in total. The molecule has 1 atom stereocenters. The van der Waals surface area contributed by atoms with E-state index in [0.717, 1.165) is 74.0 Å². The average Bonchev–Trinajstić information content (AvgIpc) is 3.55. The summed E-state index contributed by atoms with van der Waals surface area (Å²) in [5.41, 5.74) is 4.64. The lowest BCUT2D eigenvalue weighted by molar-refractivity contribution is -0.0980. The van der Waals surface area contributed by atoms with Crippen LogP contribution in [-0.4, -0.2) is 65.1 Å². The standard InChI is InChI=1S/C16H19F2N3.C15H22FN.CH2O/c1-11-9-16(12-5-7-20(2)8-6-12)21(19-11)13-3-4-14(17)15(18)10-13;1-11-5-6-13(14(16)9-11)12-7-8-17(10-12)15(2,3)4;1-2/h3-4,9-10,12H,5-8H2,1-2H3;5-6,9,12H,7-8,10H2,1-4H3;1H2. The van der Waals surface area contributed by atoms with Crippen molar-refractivity contribution in [2.24, 2.45) is 0 Å². The fraction of sp³-hybridized carbons (Fsp3) is 0.500. The molecular weight excluding hydrogens is 513 g/mol. The summed E-state index contributed by atoms with van der Waals surface area (Å²) in [5, 5.41) is 4.46. The van der Waals surface area contributed by atoms with Gasteiger partial charge in [0.15, 0.2) is 11.6 Å². The minimum absolute atomic E-state index is 0.0363. The SMILES string of the molecule is C=O.Cc1cc(C2CCN(C)CC2)n(-c2ccc(F)c(F)c2)n1.Cc1ccc(C2CCN(C(C)(C)C)C2)c(F)c1. The van der Waals surface area contributed by atoms with Gasteiger partial charge in [-0.1, -0.05) is 12.1 Å². The fourth-order valence-corrected chi connectivity index (χ4v) is 5.52. The van der Waals surface area contributed by atoms with E-state index in [1.54, 1.807) is 16.8 Å². The highest BCUT2D eigenvalue weighted by atomic mass is 19.2. The number of carbonyl (C=O) groups excluding carboxylic acids is 1. The van der Waals surface area contributed by atoms with E-state index >= 15 is 0 Å². The van der Waals surface area contributed by atoms with Crippen LogP contribution in [0, 0.1) is 31.3 Å². The number of aromatic nitrogens is 2. The monoisotopic (exact) mass is 556 g/mol. The molecule has 0 aliphatic carbocycles. The van der Waals surface area contributed by atoms with Crippen molar-refractivity contribution in [3.05, 3.63) is 82.4 Å². The predicted octanol–water partition coefficient (Wildman–Crippen LogP) is 6.81. The lowest BCUT2D eigenvalue weighted by Gasteiger charge is -2.31. The summed E-state index contributed by atoms with van der Waals surface area (Å²) in [6, 6.07) is 11.6. The Balaban J connectivity index is 0.000000212. The summed E-state index contributed by atoms with van der Waals surface area (Å²) < 4.78 is 42.2. The predicted molar refractivity (Wildman–Crippen MR) is 155 cm³/mol. The van der Waals surface area contributed by atoms with Gasteiger partial charge in [-0.3, -0.25) is 4.90 Å². The minimum Gasteiger partial charge on any atom is -0.307 e. The van der Waals surface area contributed by atoms with Gasteiger partial charge in [0.1, 0.15) is 12.6 Å². The Kier molecular flexibility index (Phi) is 10.7. The van der Waals surface area contributed by atoms with Gasteiger partial charge in [0.2, 0.25) is 0 Å².